The van der Waals surface area contributed by atoms with E-state index in [0.717, 1.165) is 37.6 Å². The van der Waals surface area contributed by atoms with Crippen molar-refractivity contribution in [3.63, 3.8) is 0 Å². The van der Waals surface area contributed by atoms with Crippen LogP contribution in [0.5, 0.6) is 11.8 Å². The number of imidazole rings is 1. The number of halogens is 1. The van der Waals surface area contributed by atoms with Crippen LogP contribution >= 0.6 is 11.6 Å². The van der Waals surface area contributed by atoms with Crippen molar-refractivity contribution in [2.45, 2.75) is 0 Å². The maximum absolute atomic E-state index is 8.90. The van der Waals surface area contributed by atoms with Gasteiger partial charge in [0.05, 0.1) is 41.1 Å². The predicted molar refractivity (Wildman–Crippen MR) is 119 cm³/mol. The Hall–Kier alpha value is -3.60. The van der Waals surface area contributed by atoms with E-state index in [1.807, 2.05) is 12.1 Å². The van der Waals surface area contributed by atoms with Crippen molar-refractivity contribution >= 4 is 28.5 Å². The number of hydrogen-bond acceptors (Lipinski definition) is 6. The van der Waals surface area contributed by atoms with Gasteiger partial charge in [0.15, 0.2) is 5.65 Å². The molecular weight excluding hydrogens is 414 g/mol. The summed E-state index contributed by atoms with van der Waals surface area (Å²) in [5.74, 6) is 0.572. The first-order valence-corrected chi connectivity index (χ1v) is 10.2. The topological polar surface area (TPSA) is 87.1 Å². The van der Waals surface area contributed by atoms with Crippen molar-refractivity contribution in [3.05, 3.63) is 65.2 Å². The van der Waals surface area contributed by atoms with E-state index < -0.39 is 0 Å². The molecule has 1 fully saturated rings. The molecule has 2 aromatic carbocycles. The van der Waals surface area contributed by atoms with Crippen LogP contribution in [-0.2, 0) is 4.74 Å². The Morgan fingerprint density at radius 3 is 2.48 bits per heavy atom. The number of pyridine rings is 1. The number of ether oxygens (including phenoxy) is 2. The number of nitrogens with zero attached hydrogens (tertiary/aromatic N) is 4. The first kappa shape index (κ1) is 19.4. The van der Waals surface area contributed by atoms with Crippen molar-refractivity contribution in [1.82, 2.24) is 15.0 Å². The molecule has 8 heteroatoms. The van der Waals surface area contributed by atoms with Gasteiger partial charge >= 0.3 is 6.01 Å². The van der Waals surface area contributed by atoms with E-state index >= 15 is 0 Å². The lowest BCUT2D eigenvalue weighted by Crippen LogP contribution is -2.36. The van der Waals surface area contributed by atoms with E-state index in [-0.39, 0.29) is 0 Å². The Balaban J connectivity index is 1.40. The molecule has 154 valence electrons. The van der Waals surface area contributed by atoms with Gasteiger partial charge in [0.1, 0.15) is 5.75 Å². The molecule has 7 nitrogen and oxygen atoms in total. The Kier molecular flexibility index (Phi) is 5.16. The minimum atomic E-state index is 0.308. The SMILES string of the molecule is N#Cc1ccc(Oc2nc3nc(-c4ccc(N5CCOCC5)cc4)c(Cl)cc3[nH]2)cc1. The second-order valence-electron chi connectivity index (χ2n) is 7.12. The quantitative estimate of drug-likeness (QED) is 0.500. The molecule has 0 amide bonds. The fourth-order valence-electron chi connectivity index (χ4n) is 3.51. The molecule has 1 aliphatic rings. The lowest BCUT2D eigenvalue weighted by Gasteiger charge is -2.28. The van der Waals surface area contributed by atoms with Crippen molar-refractivity contribution < 1.29 is 9.47 Å². The smallest absolute Gasteiger partial charge is 0.301 e. The van der Waals surface area contributed by atoms with Crippen molar-refractivity contribution in [1.29, 1.82) is 5.26 Å². The van der Waals surface area contributed by atoms with Gasteiger partial charge < -0.3 is 19.4 Å². The number of nitriles is 1. The molecule has 0 spiro atoms. The van der Waals surface area contributed by atoms with Crippen LogP contribution in [0.1, 0.15) is 5.56 Å². The van der Waals surface area contributed by atoms with Crippen LogP contribution in [0.2, 0.25) is 5.02 Å². The van der Waals surface area contributed by atoms with E-state index in [2.05, 4.69) is 38.1 Å². The summed E-state index contributed by atoms with van der Waals surface area (Å²) in [6.45, 7) is 3.27. The summed E-state index contributed by atoms with van der Waals surface area (Å²) in [5.41, 5.74) is 4.50. The standard InChI is InChI=1S/C23H18ClN5O2/c24-19-13-20-22(28-23(26-20)31-18-7-1-15(14-25)2-8-18)27-21(19)16-3-5-17(6-4-16)29-9-11-30-12-10-29/h1-8,13H,9-12H2,(H,26,27,28). The fourth-order valence-corrected chi connectivity index (χ4v) is 3.77. The predicted octanol–water partition coefficient (Wildman–Crippen LogP) is 4.78. The number of aromatic amines is 1. The van der Waals surface area contributed by atoms with Crippen molar-refractivity contribution in [2.75, 3.05) is 31.2 Å². The van der Waals surface area contributed by atoms with Crippen molar-refractivity contribution in [3.8, 4) is 29.1 Å². The van der Waals surface area contributed by atoms with Crippen LogP contribution in [0.15, 0.2) is 54.6 Å². The van der Waals surface area contributed by atoms with E-state index in [0.29, 0.717) is 39.2 Å². The number of aromatic nitrogens is 3. The molecule has 0 bridgehead atoms. The summed E-state index contributed by atoms with van der Waals surface area (Å²) in [5, 5.41) is 9.43. The molecule has 3 heterocycles. The highest BCUT2D eigenvalue weighted by atomic mass is 35.5. The molecule has 0 atom stereocenters. The molecule has 31 heavy (non-hydrogen) atoms. The molecule has 1 saturated heterocycles. The van der Waals surface area contributed by atoms with Gasteiger partial charge in [0.25, 0.3) is 0 Å². The lowest BCUT2D eigenvalue weighted by molar-refractivity contribution is 0.122. The molecule has 2 aromatic heterocycles. The second kappa shape index (κ2) is 8.26. The molecule has 0 saturated carbocycles. The summed E-state index contributed by atoms with van der Waals surface area (Å²) in [4.78, 5) is 14.5. The number of benzene rings is 2. The van der Waals surface area contributed by atoms with Crippen LogP contribution in [-0.4, -0.2) is 41.3 Å². The molecular formula is C23H18ClN5O2. The minimum Gasteiger partial charge on any atom is -0.426 e. The molecule has 0 aliphatic carbocycles. The largest absolute Gasteiger partial charge is 0.426 e. The minimum absolute atomic E-state index is 0.308. The van der Waals surface area contributed by atoms with Gasteiger partial charge in [0, 0.05) is 24.3 Å². The van der Waals surface area contributed by atoms with Crippen LogP contribution < -0.4 is 9.64 Å². The molecule has 1 aliphatic heterocycles. The van der Waals surface area contributed by atoms with Gasteiger partial charge in [-0.05, 0) is 42.5 Å². The first-order chi connectivity index (χ1) is 15.2. The van der Waals surface area contributed by atoms with E-state index in [4.69, 9.17) is 26.3 Å². The maximum atomic E-state index is 8.90. The summed E-state index contributed by atoms with van der Waals surface area (Å²) < 4.78 is 11.2. The maximum Gasteiger partial charge on any atom is 0.301 e. The van der Waals surface area contributed by atoms with Gasteiger partial charge in [-0.15, -0.1) is 0 Å². The Morgan fingerprint density at radius 2 is 1.77 bits per heavy atom. The number of hydrogen-bond donors (Lipinski definition) is 1. The van der Waals surface area contributed by atoms with E-state index in [9.17, 15) is 0 Å². The van der Waals surface area contributed by atoms with Crippen LogP contribution in [0.4, 0.5) is 5.69 Å². The zero-order valence-corrected chi connectivity index (χ0v) is 17.3. The second-order valence-corrected chi connectivity index (χ2v) is 7.52. The van der Waals surface area contributed by atoms with E-state index in [1.165, 1.54) is 0 Å². The van der Waals surface area contributed by atoms with E-state index in [1.54, 1.807) is 30.3 Å². The first-order valence-electron chi connectivity index (χ1n) is 9.87. The third-order valence-electron chi connectivity index (χ3n) is 5.12. The average molecular weight is 432 g/mol. The van der Waals surface area contributed by atoms with Crippen molar-refractivity contribution in [2.24, 2.45) is 0 Å². The Bertz CT molecular complexity index is 1260. The monoisotopic (exact) mass is 431 g/mol. The lowest BCUT2D eigenvalue weighted by atomic mass is 10.1. The highest BCUT2D eigenvalue weighted by Crippen LogP contribution is 2.31. The number of nitrogens with one attached hydrogen (secondary N) is 1. The fraction of sp³-hybridized carbons (Fsp3) is 0.174. The molecule has 1 N–H and O–H groups in total. The Morgan fingerprint density at radius 1 is 1.03 bits per heavy atom. The summed E-state index contributed by atoms with van der Waals surface area (Å²) in [6, 6.07) is 19.2. The van der Waals surface area contributed by atoms with Gasteiger partial charge in [-0.1, -0.05) is 23.7 Å². The summed E-state index contributed by atoms with van der Waals surface area (Å²) in [6.07, 6.45) is 0. The van der Waals surface area contributed by atoms with Gasteiger partial charge in [0.2, 0.25) is 0 Å². The van der Waals surface area contributed by atoms with Gasteiger partial charge in [-0.25, -0.2) is 4.98 Å². The average Bonchev–Trinajstić information content (AvgIpc) is 3.20. The number of fused-ring (bicyclic) bond motifs is 1. The molecule has 0 unspecified atom stereocenters. The number of anilines is 1. The van der Waals surface area contributed by atoms with Gasteiger partial charge in [-0.2, -0.15) is 10.2 Å². The van der Waals surface area contributed by atoms with Crippen LogP contribution in [0, 0.1) is 11.3 Å². The normalized spacial score (nSPS) is 13.9. The van der Waals surface area contributed by atoms with Crippen LogP contribution in [0.25, 0.3) is 22.4 Å². The highest BCUT2D eigenvalue weighted by Gasteiger charge is 2.14. The summed E-state index contributed by atoms with van der Waals surface area (Å²) >= 11 is 6.52. The molecule has 4 aromatic rings. The number of H-pyrrole nitrogens is 1. The third kappa shape index (κ3) is 4.04. The zero-order chi connectivity index (χ0) is 21.2. The zero-order valence-electron chi connectivity index (χ0n) is 16.5. The van der Waals surface area contributed by atoms with Gasteiger partial charge in [-0.3, -0.25) is 0 Å². The molecule has 5 rings (SSSR count). The van der Waals surface area contributed by atoms with Crippen LogP contribution in [0.3, 0.4) is 0 Å². The Labute approximate surface area is 183 Å². The summed E-state index contributed by atoms with van der Waals surface area (Å²) in [7, 11) is 0. The number of morpholine rings is 1. The third-order valence-corrected chi connectivity index (χ3v) is 5.41. The molecule has 0 radical (unpaired) electrons. The highest BCUT2D eigenvalue weighted by molar-refractivity contribution is 6.33. The number of rotatable bonds is 4.